The summed E-state index contributed by atoms with van der Waals surface area (Å²) in [5.41, 5.74) is 5.88. The molecule has 0 aliphatic heterocycles. The Balaban J connectivity index is 1.62. The molecule has 0 bridgehead atoms. The van der Waals surface area contributed by atoms with Gasteiger partial charge in [0, 0.05) is 18.7 Å². The molecule has 0 aliphatic rings. The molecule has 162 valence electrons. The second-order valence-electron chi connectivity index (χ2n) is 6.93. The van der Waals surface area contributed by atoms with Crippen molar-refractivity contribution < 1.29 is 18.0 Å². The highest BCUT2D eigenvalue weighted by Crippen LogP contribution is 2.19. The van der Waals surface area contributed by atoms with Gasteiger partial charge in [-0.25, -0.2) is 8.42 Å². The summed E-state index contributed by atoms with van der Waals surface area (Å²) in [4.78, 5) is 24.8. The van der Waals surface area contributed by atoms with Crippen molar-refractivity contribution in [3.63, 3.8) is 0 Å². The summed E-state index contributed by atoms with van der Waals surface area (Å²) >= 11 is 0. The van der Waals surface area contributed by atoms with Crippen LogP contribution in [0.5, 0.6) is 0 Å². The maximum absolute atomic E-state index is 12.5. The predicted octanol–water partition coefficient (Wildman–Crippen LogP) is 2.87. The summed E-state index contributed by atoms with van der Waals surface area (Å²) in [6.07, 6.45) is 0.114. The molecule has 0 radical (unpaired) electrons. The zero-order valence-corrected chi connectivity index (χ0v) is 18.3. The molecule has 3 rings (SSSR count). The highest BCUT2D eigenvalue weighted by atomic mass is 32.2. The number of hydrazine groups is 1. The monoisotopic (exact) mass is 439 g/mol. The first kappa shape index (κ1) is 22.5. The number of fused-ring (bicyclic) bond motifs is 1. The maximum atomic E-state index is 12.5. The van der Waals surface area contributed by atoms with Gasteiger partial charge < -0.3 is 0 Å². The standard InChI is InChI=1S/C23H25N3O4S/c1-3-26(4-2)31(29,30)20-14-12-18(13-15-20)23(28)25-24-22(27)16-19-10-7-9-17-8-5-6-11-21(17)19/h5-15H,3-4,16H2,1-2H3,(H,24,27)(H,25,28). The van der Waals surface area contributed by atoms with Gasteiger partial charge in [0.1, 0.15) is 0 Å². The second-order valence-corrected chi connectivity index (χ2v) is 8.87. The smallest absolute Gasteiger partial charge is 0.269 e. The lowest BCUT2D eigenvalue weighted by atomic mass is 10.0. The largest absolute Gasteiger partial charge is 0.273 e. The molecule has 0 saturated carbocycles. The van der Waals surface area contributed by atoms with Crippen molar-refractivity contribution in [2.45, 2.75) is 25.2 Å². The molecule has 8 heteroatoms. The van der Waals surface area contributed by atoms with Crippen molar-refractivity contribution in [1.29, 1.82) is 0 Å². The molecule has 7 nitrogen and oxygen atoms in total. The molecule has 31 heavy (non-hydrogen) atoms. The summed E-state index contributed by atoms with van der Waals surface area (Å²) < 4.78 is 26.4. The SMILES string of the molecule is CCN(CC)S(=O)(=O)c1ccc(C(=O)NNC(=O)Cc2cccc3ccccc23)cc1. The Hall–Kier alpha value is -3.23. The van der Waals surface area contributed by atoms with E-state index >= 15 is 0 Å². The molecular formula is C23H25N3O4S. The van der Waals surface area contributed by atoms with E-state index in [0.29, 0.717) is 13.1 Å². The highest BCUT2D eigenvalue weighted by Gasteiger charge is 2.21. The number of nitrogens with one attached hydrogen (secondary N) is 2. The van der Waals surface area contributed by atoms with Crippen molar-refractivity contribution in [1.82, 2.24) is 15.2 Å². The summed E-state index contributed by atoms with van der Waals surface area (Å²) in [5.74, 6) is -0.886. The van der Waals surface area contributed by atoms with Crippen molar-refractivity contribution in [3.8, 4) is 0 Å². The number of amides is 2. The number of rotatable bonds is 7. The number of carbonyl (C=O) groups excluding carboxylic acids is 2. The van der Waals surface area contributed by atoms with Crippen molar-refractivity contribution in [2.24, 2.45) is 0 Å². The van der Waals surface area contributed by atoms with Gasteiger partial charge in [-0.05, 0) is 40.6 Å². The lowest BCUT2D eigenvalue weighted by molar-refractivity contribution is -0.121. The van der Waals surface area contributed by atoms with E-state index in [1.807, 2.05) is 42.5 Å². The van der Waals surface area contributed by atoms with Crippen LogP contribution in [0.2, 0.25) is 0 Å². The molecule has 0 atom stereocenters. The van der Waals surface area contributed by atoms with Crippen LogP contribution < -0.4 is 10.9 Å². The average Bonchev–Trinajstić information content (AvgIpc) is 2.78. The Morgan fingerprint density at radius 1 is 0.839 bits per heavy atom. The normalized spacial score (nSPS) is 11.5. The van der Waals surface area contributed by atoms with E-state index in [4.69, 9.17) is 0 Å². The van der Waals surface area contributed by atoms with Crippen molar-refractivity contribution >= 4 is 32.6 Å². The van der Waals surface area contributed by atoms with Crippen LogP contribution in [0.4, 0.5) is 0 Å². The molecule has 0 heterocycles. The molecule has 2 N–H and O–H groups in total. The fourth-order valence-corrected chi connectivity index (χ4v) is 4.81. The first-order chi connectivity index (χ1) is 14.9. The molecule has 0 spiro atoms. The van der Waals surface area contributed by atoms with Crippen LogP contribution in [0.25, 0.3) is 10.8 Å². The minimum atomic E-state index is -3.59. The third-order valence-corrected chi connectivity index (χ3v) is 7.07. The van der Waals surface area contributed by atoms with Crippen LogP contribution in [0.3, 0.4) is 0 Å². The fourth-order valence-electron chi connectivity index (χ4n) is 3.35. The molecule has 3 aromatic rings. The Morgan fingerprint density at radius 2 is 1.48 bits per heavy atom. The van der Waals surface area contributed by atoms with Crippen LogP contribution in [0.15, 0.2) is 71.6 Å². The van der Waals surface area contributed by atoms with E-state index in [1.165, 1.54) is 28.6 Å². The summed E-state index contributed by atoms with van der Waals surface area (Å²) in [6.45, 7) is 4.27. The molecule has 0 unspecified atom stereocenters. The zero-order valence-electron chi connectivity index (χ0n) is 17.5. The Labute approximate surface area is 182 Å². The topological polar surface area (TPSA) is 95.6 Å². The second kappa shape index (κ2) is 9.72. The molecule has 0 saturated heterocycles. The zero-order chi connectivity index (χ0) is 22.4. The number of hydrogen-bond acceptors (Lipinski definition) is 4. The average molecular weight is 440 g/mol. The molecule has 3 aromatic carbocycles. The predicted molar refractivity (Wildman–Crippen MR) is 120 cm³/mol. The van der Waals surface area contributed by atoms with Crippen molar-refractivity contribution in [2.75, 3.05) is 13.1 Å². The summed E-state index contributed by atoms with van der Waals surface area (Å²) in [5, 5.41) is 2.02. The maximum Gasteiger partial charge on any atom is 0.269 e. The Bertz CT molecular complexity index is 1180. The van der Waals surface area contributed by atoms with E-state index in [0.717, 1.165) is 16.3 Å². The summed E-state index contributed by atoms with van der Waals surface area (Å²) in [7, 11) is -3.59. The van der Waals surface area contributed by atoms with Gasteiger partial charge in [-0.3, -0.25) is 20.4 Å². The van der Waals surface area contributed by atoms with Gasteiger partial charge in [0.05, 0.1) is 11.3 Å². The number of benzene rings is 3. The minimum Gasteiger partial charge on any atom is -0.273 e. The van der Waals surface area contributed by atoms with E-state index in [9.17, 15) is 18.0 Å². The third kappa shape index (κ3) is 5.10. The summed E-state index contributed by atoms with van der Waals surface area (Å²) in [6, 6.07) is 19.1. The molecule has 0 fully saturated rings. The van der Waals surface area contributed by atoms with Gasteiger partial charge in [0.25, 0.3) is 5.91 Å². The van der Waals surface area contributed by atoms with Gasteiger partial charge in [0.15, 0.2) is 0 Å². The number of carbonyl (C=O) groups is 2. The number of hydrogen-bond donors (Lipinski definition) is 2. The minimum absolute atomic E-state index is 0.114. The number of nitrogens with zero attached hydrogens (tertiary/aromatic N) is 1. The molecule has 0 aromatic heterocycles. The van der Waals surface area contributed by atoms with E-state index in [1.54, 1.807) is 13.8 Å². The van der Waals surface area contributed by atoms with Gasteiger partial charge in [-0.2, -0.15) is 4.31 Å². The van der Waals surface area contributed by atoms with Gasteiger partial charge in [-0.1, -0.05) is 56.3 Å². The van der Waals surface area contributed by atoms with Crippen LogP contribution in [0.1, 0.15) is 29.8 Å². The molecular weight excluding hydrogens is 414 g/mol. The first-order valence-electron chi connectivity index (χ1n) is 10.0. The van der Waals surface area contributed by atoms with E-state index < -0.39 is 15.9 Å². The van der Waals surface area contributed by atoms with Crippen molar-refractivity contribution in [3.05, 3.63) is 77.9 Å². The number of sulfonamides is 1. The lowest BCUT2D eigenvalue weighted by Crippen LogP contribution is -2.42. The van der Waals surface area contributed by atoms with Crippen LogP contribution in [-0.2, 0) is 21.2 Å². The van der Waals surface area contributed by atoms with Gasteiger partial charge in [-0.15, -0.1) is 0 Å². The van der Waals surface area contributed by atoms with Gasteiger partial charge in [0.2, 0.25) is 15.9 Å². The van der Waals surface area contributed by atoms with Gasteiger partial charge >= 0.3 is 0 Å². The highest BCUT2D eigenvalue weighted by molar-refractivity contribution is 7.89. The van der Waals surface area contributed by atoms with Crippen LogP contribution >= 0.6 is 0 Å². The van der Waals surface area contributed by atoms with Crippen LogP contribution in [0, 0.1) is 0 Å². The quantitative estimate of drug-likeness (QED) is 0.554. The first-order valence-corrected chi connectivity index (χ1v) is 11.5. The fraction of sp³-hybridized carbons (Fsp3) is 0.217. The van der Waals surface area contributed by atoms with E-state index in [-0.39, 0.29) is 22.8 Å². The Morgan fingerprint density at radius 3 is 2.16 bits per heavy atom. The lowest BCUT2D eigenvalue weighted by Gasteiger charge is -2.18. The Kier molecular flexibility index (Phi) is 7.04. The third-order valence-electron chi connectivity index (χ3n) is 5.01. The molecule has 2 amide bonds. The molecule has 0 aliphatic carbocycles. The van der Waals surface area contributed by atoms with Crippen LogP contribution in [-0.4, -0.2) is 37.6 Å². The van der Waals surface area contributed by atoms with E-state index in [2.05, 4.69) is 10.9 Å².